The third-order valence-corrected chi connectivity index (χ3v) is 5.13. The Labute approximate surface area is 133 Å². The van der Waals surface area contributed by atoms with E-state index in [4.69, 9.17) is 0 Å². The third kappa shape index (κ3) is 4.81. The van der Waals surface area contributed by atoms with Crippen LogP contribution in [0.4, 0.5) is 0 Å². The maximum atomic E-state index is 12.5. The average molecular weight is 326 g/mol. The topological polar surface area (TPSA) is 75.3 Å². The third-order valence-electron chi connectivity index (χ3n) is 3.28. The summed E-state index contributed by atoms with van der Waals surface area (Å²) in [6, 6.07) is 2.83. The molecule has 22 heavy (non-hydrogen) atoms. The van der Waals surface area contributed by atoms with Crippen LogP contribution in [-0.2, 0) is 14.8 Å². The van der Waals surface area contributed by atoms with E-state index in [0.29, 0.717) is 23.6 Å². The molecule has 1 unspecified atom stereocenters. The lowest BCUT2D eigenvalue weighted by atomic mass is 10.1. The van der Waals surface area contributed by atoms with E-state index in [0.717, 1.165) is 5.56 Å². The van der Waals surface area contributed by atoms with E-state index in [1.165, 1.54) is 0 Å². The number of carbonyl (C=O) groups excluding carboxylic acids is 1. The lowest BCUT2D eigenvalue weighted by Crippen LogP contribution is -2.45. The molecule has 0 bridgehead atoms. The summed E-state index contributed by atoms with van der Waals surface area (Å²) in [6.07, 6.45) is 0. The fourth-order valence-electron chi connectivity index (χ4n) is 2.39. The minimum atomic E-state index is -3.73. The van der Waals surface area contributed by atoms with Gasteiger partial charge in [-0.3, -0.25) is 4.79 Å². The Balaban J connectivity index is 2.95. The number of nitrogens with one attached hydrogen (secondary N) is 2. The monoisotopic (exact) mass is 326 g/mol. The van der Waals surface area contributed by atoms with Gasteiger partial charge in [-0.15, -0.1) is 0 Å². The molecule has 1 aromatic carbocycles. The van der Waals surface area contributed by atoms with E-state index in [-0.39, 0.29) is 10.8 Å². The molecule has 0 saturated carbocycles. The summed E-state index contributed by atoms with van der Waals surface area (Å²) < 4.78 is 27.6. The highest BCUT2D eigenvalue weighted by atomic mass is 32.2. The van der Waals surface area contributed by atoms with E-state index >= 15 is 0 Å². The van der Waals surface area contributed by atoms with Crippen LogP contribution in [0.5, 0.6) is 0 Å². The van der Waals surface area contributed by atoms with Crippen LogP contribution in [0.2, 0.25) is 0 Å². The first-order valence-corrected chi connectivity index (χ1v) is 8.90. The second-order valence-corrected chi connectivity index (χ2v) is 7.86. The first-order chi connectivity index (χ1) is 10.0. The van der Waals surface area contributed by atoms with Crippen molar-refractivity contribution in [3.63, 3.8) is 0 Å². The number of sulfonamides is 1. The Hall–Kier alpha value is -1.40. The van der Waals surface area contributed by atoms with Crippen LogP contribution in [0.3, 0.4) is 0 Å². The average Bonchev–Trinajstić information content (AvgIpc) is 2.33. The molecule has 0 aromatic heterocycles. The molecule has 0 aliphatic rings. The highest BCUT2D eigenvalue weighted by Crippen LogP contribution is 2.21. The molecule has 1 rings (SSSR count). The molecule has 6 heteroatoms. The quantitative estimate of drug-likeness (QED) is 0.840. The van der Waals surface area contributed by atoms with Gasteiger partial charge in [0.05, 0.1) is 10.9 Å². The highest BCUT2D eigenvalue weighted by molar-refractivity contribution is 7.89. The van der Waals surface area contributed by atoms with Crippen LogP contribution in [0, 0.1) is 26.7 Å². The van der Waals surface area contributed by atoms with Gasteiger partial charge in [-0.2, -0.15) is 4.72 Å². The molecule has 0 radical (unpaired) electrons. The van der Waals surface area contributed by atoms with Gasteiger partial charge in [0.2, 0.25) is 15.9 Å². The molecule has 5 nitrogen and oxygen atoms in total. The molecule has 1 aromatic rings. The molecule has 2 N–H and O–H groups in total. The van der Waals surface area contributed by atoms with E-state index < -0.39 is 16.1 Å². The molecule has 0 spiro atoms. The van der Waals surface area contributed by atoms with E-state index in [1.807, 2.05) is 32.9 Å². The highest BCUT2D eigenvalue weighted by Gasteiger charge is 2.25. The van der Waals surface area contributed by atoms with Crippen molar-refractivity contribution in [3.05, 3.63) is 28.8 Å². The normalized spacial score (nSPS) is 13.2. The van der Waals surface area contributed by atoms with Crippen LogP contribution in [0.1, 0.15) is 37.5 Å². The van der Waals surface area contributed by atoms with Crippen molar-refractivity contribution in [2.24, 2.45) is 5.92 Å². The predicted molar refractivity (Wildman–Crippen MR) is 88.3 cm³/mol. The van der Waals surface area contributed by atoms with Crippen molar-refractivity contribution in [3.8, 4) is 0 Å². The summed E-state index contributed by atoms with van der Waals surface area (Å²) in [7, 11) is -3.73. The number of rotatable bonds is 6. The summed E-state index contributed by atoms with van der Waals surface area (Å²) >= 11 is 0. The zero-order chi connectivity index (χ0) is 17.1. The van der Waals surface area contributed by atoms with E-state index in [1.54, 1.807) is 20.8 Å². The van der Waals surface area contributed by atoms with Gasteiger partial charge in [-0.1, -0.05) is 31.5 Å². The smallest absolute Gasteiger partial charge is 0.241 e. The van der Waals surface area contributed by atoms with Gasteiger partial charge in [0.1, 0.15) is 0 Å². The van der Waals surface area contributed by atoms with Crippen LogP contribution < -0.4 is 10.0 Å². The largest absolute Gasteiger partial charge is 0.354 e. The summed E-state index contributed by atoms with van der Waals surface area (Å²) in [4.78, 5) is 12.2. The van der Waals surface area contributed by atoms with Gasteiger partial charge in [0.25, 0.3) is 0 Å². The Morgan fingerprint density at radius 3 is 2.05 bits per heavy atom. The van der Waals surface area contributed by atoms with E-state index in [9.17, 15) is 13.2 Å². The van der Waals surface area contributed by atoms with Crippen molar-refractivity contribution < 1.29 is 13.2 Å². The van der Waals surface area contributed by atoms with E-state index in [2.05, 4.69) is 10.0 Å². The van der Waals surface area contributed by atoms with Crippen molar-refractivity contribution >= 4 is 15.9 Å². The van der Waals surface area contributed by atoms with Crippen LogP contribution in [0.15, 0.2) is 17.0 Å². The second kappa shape index (κ2) is 7.24. The molecule has 0 heterocycles. The Morgan fingerprint density at radius 2 is 1.59 bits per heavy atom. The molecule has 1 amide bonds. The van der Waals surface area contributed by atoms with Crippen LogP contribution in [-0.4, -0.2) is 26.9 Å². The summed E-state index contributed by atoms with van der Waals surface area (Å²) in [6.45, 7) is 11.5. The summed E-state index contributed by atoms with van der Waals surface area (Å²) in [5.41, 5.74) is 2.37. The number of hydrogen-bond acceptors (Lipinski definition) is 3. The van der Waals surface area contributed by atoms with Gasteiger partial charge < -0.3 is 5.32 Å². The first-order valence-electron chi connectivity index (χ1n) is 7.42. The van der Waals surface area contributed by atoms with Crippen LogP contribution >= 0.6 is 0 Å². The van der Waals surface area contributed by atoms with Gasteiger partial charge in [0, 0.05) is 6.54 Å². The summed E-state index contributed by atoms with van der Waals surface area (Å²) in [5.74, 6) is -0.00552. The molecule has 0 aliphatic heterocycles. The van der Waals surface area contributed by atoms with Crippen molar-refractivity contribution in [1.29, 1.82) is 0 Å². The zero-order valence-corrected chi connectivity index (χ0v) is 15.0. The minimum Gasteiger partial charge on any atom is -0.354 e. The molecule has 1 atom stereocenters. The minimum absolute atomic E-state index is 0.251. The molecular formula is C16H26N2O3S. The molecular weight excluding hydrogens is 300 g/mol. The molecule has 124 valence electrons. The van der Waals surface area contributed by atoms with Gasteiger partial charge in [-0.25, -0.2) is 8.42 Å². The van der Waals surface area contributed by atoms with Crippen molar-refractivity contribution in [2.75, 3.05) is 6.54 Å². The molecule has 0 fully saturated rings. The zero-order valence-electron chi connectivity index (χ0n) is 14.1. The fraction of sp³-hybridized carbons (Fsp3) is 0.562. The Bertz CT molecular complexity index is 628. The number of aryl methyl sites for hydroxylation is 3. The maximum Gasteiger partial charge on any atom is 0.241 e. The number of carbonyl (C=O) groups is 1. The van der Waals surface area contributed by atoms with Gasteiger partial charge in [-0.05, 0) is 44.7 Å². The lowest BCUT2D eigenvalue weighted by molar-refractivity contribution is -0.122. The standard InChI is InChI=1S/C16H26N2O3S/c1-10(2)9-17-16(19)14(6)18-22(20,21)15-12(4)7-11(3)8-13(15)5/h7-8,10,14,18H,9H2,1-6H3,(H,17,19). The van der Waals surface area contributed by atoms with Crippen molar-refractivity contribution in [2.45, 2.75) is 52.5 Å². The summed E-state index contributed by atoms with van der Waals surface area (Å²) in [5, 5.41) is 2.73. The number of benzene rings is 1. The van der Waals surface area contributed by atoms with Gasteiger partial charge in [0.15, 0.2) is 0 Å². The number of hydrogen-bond donors (Lipinski definition) is 2. The first kappa shape index (κ1) is 18.6. The van der Waals surface area contributed by atoms with Crippen molar-refractivity contribution in [1.82, 2.24) is 10.0 Å². The maximum absolute atomic E-state index is 12.5. The fourth-order valence-corrected chi connectivity index (χ4v) is 4.05. The Kier molecular flexibility index (Phi) is 6.14. The SMILES string of the molecule is Cc1cc(C)c(S(=O)(=O)NC(C)C(=O)NCC(C)C)c(C)c1. The molecule has 0 saturated heterocycles. The number of amides is 1. The molecule has 0 aliphatic carbocycles. The van der Waals surface area contributed by atoms with Gasteiger partial charge >= 0.3 is 0 Å². The lowest BCUT2D eigenvalue weighted by Gasteiger charge is -2.18. The van der Waals surface area contributed by atoms with Crippen LogP contribution in [0.25, 0.3) is 0 Å². The Morgan fingerprint density at radius 1 is 1.09 bits per heavy atom. The second-order valence-electron chi connectivity index (χ2n) is 6.21. The predicted octanol–water partition coefficient (Wildman–Crippen LogP) is 2.05.